The van der Waals surface area contributed by atoms with Gasteiger partial charge in [0, 0.05) is 17.3 Å². The number of rotatable bonds is 3. The van der Waals surface area contributed by atoms with Crippen LogP contribution in [0.1, 0.15) is 15.9 Å². The predicted octanol–water partition coefficient (Wildman–Crippen LogP) is 3.91. The van der Waals surface area contributed by atoms with Crippen molar-refractivity contribution in [2.45, 2.75) is 0 Å². The summed E-state index contributed by atoms with van der Waals surface area (Å²) in [5, 5.41) is 0. The fraction of sp³-hybridized carbons (Fsp3) is 0. The SMILES string of the molecule is O=C(c1ccccc1)c1cc[nH]c1-c1ccccc1. The number of aromatic nitrogens is 1. The van der Waals surface area contributed by atoms with E-state index in [4.69, 9.17) is 0 Å². The van der Waals surface area contributed by atoms with Crippen LogP contribution in [0, 0.1) is 0 Å². The molecule has 1 N–H and O–H groups in total. The molecule has 0 aliphatic carbocycles. The molecule has 3 aromatic rings. The van der Waals surface area contributed by atoms with Gasteiger partial charge in [0.2, 0.25) is 0 Å². The van der Waals surface area contributed by atoms with Crippen molar-refractivity contribution in [3.63, 3.8) is 0 Å². The Morgan fingerprint density at radius 3 is 2.11 bits per heavy atom. The van der Waals surface area contributed by atoms with E-state index in [-0.39, 0.29) is 5.78 Å². The van der Waals surface area contributed by atoms with Crippen LogP contribution in [-0.2, 0) is 0 Å². The Morgan fingerprint density at radius 2 is 1.42 bits per heavy atom. The second kappa shape index (κ2) is 4.94. The van der Waals surface area contributed by atoms with Gasteiger partial charge in [-0.1, -0.05) is 60.7 Å². The Labute approximate surface area is 111 Å². The summed E-state index contributed by atoms with van der Waals surface area (Å²) in [6, 6.07) is 21.0. The summed E-state index contributed by atoms with van der Waals surface area (Å²) in [7, 11) is 0. The van der Waals surface area contributed by atoms with E-state index in [9.17, 15) is 4.79 Å². The van der Waals surface area contributed by atoms with Crippen LogP contribution in [0.25, 0.3) is 11.3 Å². The smallest absolute Gasteiger partial charge is 0.195 e. The highest BCUT2D eigenvalue weighted by atomic mass is 16.1. The highest BCUT2D eigenvalue weighted by Crippen LogP contribution is 2.23. The number of hydrogen-bond donors (Lipinski definition) is 1. The second-order valence-electron chi connectivity index (χ2n) is 4.33. The molecule has 0 amide bonds. The third-order valence-corrected chi connectivity index (χ3v) is 3.09. The lowest BCUT2D eigenvalue weighted by Crippen LogP contribution is -2.01. The minimum atomic E-state index is 0.0423. The maximum atomic E-state index is 12.5. The minimum absolute atomic E-state index is 0.0423. The number of ketones is 1. The van der Waals surface area contributed by atoms with E-state index in [0.29, 0.717) is 11.1 Å². The number of aromatic amines is 1. The molecule has 1 heterocycles. The molecule has 0 atom stereocenters. The van der Waals surface area contributed by atoms with Crippen molar-refractivity contribution in [3.8, 4) is 11.3 Å². The third kappa shape index (κ3) is 2.20. The molecule has 0 radical (unpaired) electrons. The van der Waals surface area contributed by atoms with Crippen LogP contribution < -0.4 is 0 Å². The number of carbonyl (C=O) groups is 1. The van der Waals surface area contributed by atoms with Gasteiger partial charge < -0.3 is 4.98 Å². The van der Waals surface area contributed by atoms with Gasteiger partial charge in [0.1, 0.15) is 0 Å². The van der Waals surface area contributed by atoms with Gasteiger partial charge in [-0.3, -0.25) is 4.79 Å². The molecular weight excluding hydrogens is 234 g/mol. The lowest BCUT2D eigenvalue weighted by Gasteiger charge is -2.04. The van der Waals surface area contributed by atoms with E-state index in [2.05, 4.69) is 4.98 Å². The third-order valence-electron chi connectivity index (χ3n) is 3.09. The Hall–Kier alpha value is -2.61. The zero-order valence-electron chi connectivity index (χ0n) is 10.3. The zero-order chi connectivity index (χ0) is 13.1. The molecular formula is C17H13NO. The Kier molecular flexibility index (Phi) is 2.99. The molecule has 0 bridgehead atoms. The number of carbonyl (C=O) groups excluding carboxylic acids is 1. The second-order valence-corrected chi connectivity index (χ2v) is 4.33. The van der Waals surface area contributed by atoms with Crippen LogP contribution in [0.5, 0.6) is 0 Å². The van der Waals surface area contributed by atoms with Gasteiger partial charge >= 0.3 is 0 Å². The van der Waals surface area contributed by atoms with Crippen molar-refractivity contribution in [2.24, 2.45) is 0 Å². The lowest BCUT2D eigenvalue weighted by atomic mass is 10.0. The largest absolute Gasteiger partial charge is 0.361 e. The first-order chi connectivity index (χ1) is 9.36. The van der Waals surface area contributed by atoms with Crippen molar-refractivity contribution in [1.29, 1.82) is 0 Å². The van der Waals surface area contributed by atoms with Gasteiger partial charge in [-0.2, -0.15) is 0 Å². The van der Waals surface area contributed by atoms with Crippen molar-refractivity contribution in [1.82, 2.24) is 4.98 Å². The number of benzene rings is 2. The summed E-state index contributed by atoms with van der Waals surface area (Å²) in [5.41, 5.74) is 3.30. The minimum Gasteiger partial charge on any atom is -0.361 e. The first kappa shape index (κ1) is 11.5. The topological polar surface area (TPSA) is 32.9 Å². The standard InChI is InChI=1S/C17H13NO/c19-17(14-9-5-2-6-10-14)15-11-12-18-16(15)13-7-3-1-4-8-13/h1-12,18H. The summed E-state index contributed by atoms with van der Waals surface area (Å²) in [4.78, 5) is 15.6. The summed E-state index contributed by atoms with van der Waals surface area (Å²) in [5.74, 6) is 0.0423. The maximum absolute atomic E-state index is 12.5. The first-order valence-electron chi connectivity index (χ1n) is 6.19. The summed E-state index contributed by atoms with van der Waals surface area (Å²) in [6.45, 7) is 0. The molecule has 0 spiro atoms. The molecule has 0 unspecified atom stereocenters. The summed E-state index contributed by atoms with van der Waals surface area (Å²) in [6.07, 6.45) is 1.80. The van der Waals surface area contributed by atoms with Crippen molar-refractivity contribution in [2.75, 3.05) is 0 Å². The highest BCUT2D eigenvalue weighted by Gasteiger charge is 2.15. The predicted molar refractivity (Wildman–Crippen MR) is 76.1 cm³/mol. The van der Waals surface area contributed by atoms with E-state index in [1.165, 1.54) is 0 Å². The summed E-state index contributed by atoms with van der Waals surface area (Å²) >= 11 is 0. The van der Waals surface area contributed by atoms with E-state index in [0.717, 1.165) is 11.3 Å². The Bertz CT molecular complexity index is 684. The molecule has 0 saturated heterocycles. The molecule has 0 saturated carbocycles. The molecule has 0 aliphatic rings. The van der Waals surface area contributed by atoms with E-state index >= 15 is 0 Å². The van der Waals surface area contributed by atoms with Crippen molar-refractivity contribution >= 4 is 5.78 Å². The average molecular weight is 247 g/mol. The van der Waals surface area contributed by atoms with Crippen LogP contribution >= 0.6 is 0 Å². The molecule has 92 valence electrons. The molecule has 2 nitrogen and oxygen atoms in total. The zero-order valence-corrected chi connectivity index (χ0v) is 10.3. The molecule has 3 rings (SSSR count). The molecule has 0 aliphatic heterocycles. The fourth-order valence-corrected chi connectivity index (χ4v) is 2.15. The van der Waals surface area contributed by atoms with Crippen LogP contribution in [-0.4, -0.2) is 10.8 Å². The van der Waals surface area contributed by atoms with Gasteiger partial charge in [-0.05, 0) is 11.6 Å². The Morgan fingerprint density at radius 1 is 0.789 bits per heavy atom. The van der Waals surface area contributed by atoms with Gasteiger partial charge in [0.25, 0.3) is 0 Å². The van der Waals surface area contributed by atoms with Gasteiger partial charge in [-0.25, -0.2) is 0 Å². The van der Waals surface area contributed by atoms with E-state index in [1.54, 1.807) is 6.20 Å². The van der Waals surface area contributed by atoms with Gasteiger partial charge in [-0.15, -0.1) is 0 Å². The van der Waals surface area contributed by atoms with Gasteiger partial charge in [0.05, 0.1) is 5.69 Å². The monoisotopic (exact) mass is 247 g/mol. The fourth-order valence-electron chi connectivity index (χ4n) is 2.15. The molecule has 2 aromatic carbocycles. The van der Waals surface area contributed by atoms with Crippen LogP contribution in [0.15, 0.2) is 72.9 Å². The van der Waals surface area contributed by atoms with Crippen LogP contribution in [0.3, 0.4) is 0 Å². The van der Waals surface area contributed by atoms with Crippen LogP contribution in [0.4, 0.5) is 0 Å². The average Bonchev–Trinajstić information content (AvgIpc) is 2.98. The number of nitrogens with one attached hydrogen (secondary N) is 1. The Balaban J connectivity index is 2.04. The molecule has 19 heavy (non-hydrogen) atoms. The highest BCUT2D eigenvalue weighted by molar-refractivity contribution is 6.12. The van der Waals surface area contributed by atoms with E-state index < -0.39 is 0 Å². The lowest BCUT2D eigenvalue weighted by molar-refractivity contribution is 0.103. The van der Waals surface area contributed by atoms with Crippen LogP contribution in [0.2, 0.25) is 0 Å². The van der Waals surface area contributed by atoms with E-state index in [1.807, 2.05) is 66.7 Å². The molecule has 0 fully saturated rings. The van der Waals surface area contributed by atoms with Crippen molar-refractivity contribution < 1.29 is 4.79 Å². The quantitative estimate of drug-likeness (QED) is 0.699. The number of hydrogen-bond acceptors (Lipinski definition) is 1. The first-order valence-corrected chi connectivity index (χ1v) is 6.19. The van der Waals surface area contributed by atoms with Gasteiger partial charge in [0.15, 0.2) is 5.78 Å². The normalized spacial score (nSPS) is 10.3. The molecule has 2 heteroatoms. The molecule has 1 aromatic heterocycles. The maximum Gasteiger partial charge on any atom is 0.195 e. The van der Waals surface area contributed by atoms with Crippen molar-refractivity contribution in [3.05, 3.63) is 84.1 Å². The summed E-state index contributed by atoms with van der Waals surface area (Å²) < 4.78 is 0. The number of H-pyrrole nitrogens is 1.